The van der Waals surface area contributed by atoms with E-state index in [0.29, 0.717) is 12.5 Å². The Morgan fingerprint density at radius 1 is 0.971 bits per heavy atom. The minimum atomic E-state index is -0.362. The Morgan fingerprint density at radius 3 is 2.41 bits per heavy atom. The number of hydrogen-bond acceptors (Lipinski definition) is 4. The molecular formula is C29H32N2O3. The molecule has 0 aromatic heterocycles. The van der Waals surface area contributed by atoms with E-state index in [1.54, 1.807) is 0 Å². The third-order valence-electron chi connectivity index (χ3n) is 6.97. The van der Waals surface area contributed by atoms with Crippen LogP contribution in [0.1, 0.15) is 41.1 Å². The molecule has 0 radical (unpaired) electrons. The molecule has 34 heavy (non-hydrogen) atoms. The predicted octanol–water partition coefficient (Wildman–Crippen LogP) is 5.48. The van der Waals surface area contributed by atoms with E-state index in [2.05, 4.69) is 41.4 Å². The fraction of sp³-hybridized carbons (Fsp3) is 0.345. The molecule has 3 saturated heterocycles. The van der Waals surface area contributed by atoms with Crippen LogP contribution >= 0.6 is 0 Å². The fourth-order valence-electron chi connectivity index (χ4n) is 4.97. The third kappa shape index (κ3) is 5.42. The molecule has 2 bridgehead atoms. The van der Waals surface area contributed by atoms with Gasteiger partial charge >= 0.3 is 6.09 Å². The topological polar surface area (TPSA) is 50.8 Å². The monoisotopic (exact) mass is 456 g/mol. The van der Waals surface area contributed by atoms with Crippen molar-refractivity contribution in [2.45, 2.75) is 38.5 Å². The number of alkyl carbamates (subject to hydrolysis) is 1. The Balaban J connectivity index is 1.30. The number of nitrogens with zero attached hydrogens (tertiary/aromatic N) is 1. The Labute approximate surface area is 201 Å². The highest BCUT2D eigenvalue weighted by Gasteiger charge is 2.36. The molecule has 3 heterocycles. The van der Waals surface area contributed by atoms with Crippen LogP contribution in [0.2, 0.25) is 0 Å². The van der Waals surface area contributed by atoms with Gasteiger partial charge in [-0.2, -0.15) is 0 Å². The summed E-state index contributed by atoms with van der Waals surface area (Å²) >= 11 is 0. The highest BCUT2D eigenvalue weighted by atomic mass is 16.6. The van der Waals surface area contributed by atoms with Gasteiger partial charge in [-0.1, -0.05) is 72.3 Å². The summed E-state index contributed by atoms with van der Waals surface area (Å²) in [5, 5.41) is 3.13. The largest absolute Gasteiger partial charge is 0.489 e. The van der Waals surface area contributed by atoms with Crippen molar-refractivity contribution in [2.75, 3.05) is 19.6 Å². The molecule has 6 rings (SSSR count). The summed E-state index contributed by atoms with van der Waals surface area (Å²) in [4.78, 5) is 15.4. The molecule has 0 aliphatic carbocycles. The molecule has 0 saturated carbocycles. The van der Waals surface area contributed by atoms with Gasteiger partial charge in [0.15, 0.2) is 0 Å². The lowest BCUT2D eigenvalue weighted by Gasteiger charge is -2.43. The zero-order valence-electron chi connectivity index (χ0n) is 19.7. The highest BCUT2D eigenvalue weighted by Crippen LogP contribution is 2.30. The van der Waals surface area contributed by atoms with Gasteiger partial charge < -0.3 is 14.8 Å². The number of nitrogens with one attached hydrogen (secondary N) is 1. The maximum Gasteiger partial charge on any atom is 0.408 e. The van der Waals surface area contributed by atoms with Crippen LogP contribution in [0.3, 0.4) is 0 Å². The average Bonchev–Trinajstić information content (AvgIpc) is 2.88. The molecule has 176 valence electrons. The number of carbonyl (C=O) groups excluding carboxylic acids is 1. The molecule has 2 atom stereocenters. The Kier molecular flexibility index (Phi) is 6.82. The van der Waals surface area contributed by atoms with E-state index in [-0.39, 0.29) is 18.2 Å². The summed E-state index contributed by atoms with van der Waals surface area (Å²) in [5.74, 6) is 1.25. The van der Waals surface area contributed by atoms with Crippen molar-refractivity contribution in [3.05, 3.63) is 101 Å². The van der Waals surface area contributed by atoms with Gasteiger partial charge in [0.25, 0.3) is 0 Å². The second-order valence-electron chi connectivity index (χ2n) is 9.42. The second kappa shape index (κ2) is 10.3. The summed E-state index contributed by atoms with van der Waals surface area (Å²) in [7, 11) is 0. The first-order chi connectivity index (χ1) is 16.6. The van der Waals surface area contributed by atoms with Gasteiger partial charge in [-0.05, 0) is 67.6 Å². The van der Waals surface area contributed by atoms with Gasteiger partial charge in [0.2, 0.25) is 0 Å². The number of rotatable bonds is 7. The molecule has 3 aliphatic rings. The Bertz CT molecular complexity index is 1090. The van der Waals surface area contributed by atoms with E-state index in [4.69, 9.17) is 9.47 Å². The minimum absolute atomic E-state index is 0.0249. The van der Waals surface area contributed by atoms with Crippen molar-refractivity contribution >= 4 is 6.09 Å². The van der Waals surface area contributed by atoms with Crippen LogP contribution < -0.4 is 10.1 Å². The number of carbonyl (C=O) groups is 1. The van der Waals surface area contributed by atoms with Gasteiger partial charge in [0.1, 0.15) is 18.5 Å². The van der Waals surface area contributed by atoms with E-state index in [1.807, 2.05) is 54.6 Å². The fourth-order valence-corrected chi connectivity index (χ4v) is 4.97. The van der Waals surface area contributed by atoms with E-state index >= 15 is 0 Å². The molecule has 2 unspecified atom stereocenters. The number of hydrogen-bond donors (Lipinski definition) is 1. The first kappa shape index (κ1) is 22.5. The lowest BCUT2D eigenvalue weighted by Crippen LogP contribution is -2.52. The van der Waals surface area contributed by atoms with Crippen molar-refractivity contribution in [3.63, 3.8) is 0 Å². The van der Waals surface area contributed by atoms with Crippen LogP contribution in [0.15, 0.2) is 78.9 Å². The van der Waals surface area contributed by atoms with E-state index < -0.39 is 0 Å². The van der Waals surface area contributed by atoms with Crippen molar-refractivity contribution in [1.82, 2.24) is 10.2 Å². The minimum Gasteiger partial charge on any atom is -0.489 e. The average molecular weight is 457 g/mol. The lowest BCUT2D eigenvalue weighted by atomic mass is 9.86. The van der Waals surface area contributed by atoms with E-state index in [1.165, 1.54) is 5.56 Å². The molecule has 1 amide bonds. The van der Waals surface area contributed by atoms with Gasteiger partial charge in [-0.15, -0.1) is 0 Å². The standard InChI is InChI=1S/C29H32N2O3/c1-21-10-12-22(13-11-21)20-33-26-9-5-8-25(18-26)28(24-6-3-2-4-7-24)30-29(32)34-27-19-31-16-14-23(27)15-17-31/h2-13,18,23,27-28H,14-17,19-20H2,1H3,(H,30,32). The quantitative estimate of drug-likeness (QED) is 0.511. The smallest absolute Gasteiger partial charge is 0.408 e. The van der Waals surface area contributed by atoms with Crippen molar-refractivity contribution in [1.29, 1.82) is 0 Å². The normalized spacial score (nSPS) is 22.1. The zero-order valence-corrected chi connectivity index (χ0v) is 19.7. The third-order valence-corrected chi connectivity index (χ3v) is 6.97. The summed E-state index contributed by atoms with van der Waals surface area (Å²) < 4.78 is 12.0. The molecule has 5 heteroatoms. The number of aryl methyl sites for hydroxylation is 1. The molecule has 3 fully saturated rings. The number of benzene rings is 3. The summed E-state index contributed by atoms with van der Waals surface area (Å²) in [6, 6.07) is 26.0. The van der Waals surface area contributed by atoms with Crippen LogP contribution in [-0.4, -0.2) is 36.7 Å². The van der Waals surface area contributed by atoms with Crippen LogP contribution in [0.25, 0.3) is 0 Å². The van der Waals surface area contributed by atoms with Gasteiger partial charge in [-0.25, -0.2) is 4.79 Å². The van der Waals surface area contributed by atoms with Crippen molar-refractivity contribution in [2.24, 2.45) is 5.92 Å². The Hall–Kier alpha value is -3.31. The van der Waals surface area contributed by atoms with Crippen molar-refractivity contribution in [3.8, 4) is 5.75 Å². The number of ether oxygens (including phenoxy) is 2. The summed E-state index contributed by atoms with van der Waals surface area (Å²) in [5.41, 5.74) is 4.31. The maximum atomic E-state index is 13.0. The summed E-state index contributed by atoms with van der Waals surface area (Å²) in [6.45, 7) is 5.65. The summed E-state index contributed by atoms with van der Waals surface area (Å²) in [6.07, 6.45) is 1.84. The molecule has 1 N–H and O–H groups in total. The van der Waals surface area contributed by atoms with Crippen LogP contribution in [0.5, 0.6) is 5.75 Å². The van der Waals surface area contributed by atoms with Gasteiger partial charge in [0, 0.05) is 6.54 Å². The molecule has 5 nitrogen and oxygen atoms in total. The second-order valence-corrected chi connectivity index (χ2v) is 9.42. The highest BCUT2D eigenvalue weighted by molar-refractivity contribution is 5.69. The zero-order chi connectivity index (χ0) is 23.3. The molecule has 3 aliphatic heterocycles. The first-order valence-electron chi connectivity index (χ1n) is 12.2. The number of amides is 1. The van der Waals surface area contributed by atoms with Crippen LogP contribution in [-0.2, 0) is 11.3 Å². The predicted molar refractivity (Wildman–Crippen MR) is 133 cm³/mol. The lowest BCUT2D eigenvalue weighted by molar-refractivity contribution is -0.0336. The SMILES string of the molecule is Cc1ccc(COc2cccc(C(NC(=O)OC3CN4CCC3CC4)c3ccccc3)c2)cc1. The molecule has 3 aromatic carbocycles. The van der Waals surface area contributed by atoms with Crippen LogP contribution in [0, 0.1) is 12.8 Å². The Morgan fingerprint density at radius 2 is 1.71 bits per heavy atom. The maximum absolute atomic E-state index is 13.0. The molecular weight excluding hydrogens is 424 g/mol. The molecule has 3 aromatic rings. The number of piperidine rings is 3. The first-order valence-corrected chi connectivity index (χ1v) is 12.2. The number of fused-ring (bicyclic) bond motifs is 3. The van der Waals surface area contributed by atoms with Gasteiger partial charge in [0.05, 0.1) is 6.04 Å². The van der Waals surface area contributed by atoms with Crippen LogP contribution in [0.4, 0.5) is 4.79 Å². The van der Waals surface area contributed by atoms with E-state index in [0.717, 1.165) is 54.9 Å². The van der Waals surface area contributed by atoms with Crippen molar-refractivity contribution < 1.29 is 14.3 Å². The molecule has 0 spiro atoms. The van der Waals surface area contributed by atoms with Gasteiger partial charge in [-0.3, -0.25) is 4.90 Å². The van der Waals surface area contributed by atoms with E-state index in [9.17, 15) is 4.79 Å².